The average Bonchev–Trinajstić information content (AvgIpc) is 2.67. The SMILES string of the molecule is CCOC(C)(C)Cn1c(CCl)nc2ccccc21. The van der Waals surface area contributed by atoms with Crippen LogP contribution >= 0.6 is 11.6 Å². The number of hydrogen-bond acceptors (Lipinski definition) is 2. The molecule has 0 aliphatic rings. The van der Waals surface area contributed by atoms with Crippen LogP contribution in [0.25, 0.3) is 11.0 Å². The van der Waals surface area contributed by atoms with Crippen LogP contribution in [0.5, 0.6) is 0 Å². The van der Waals surface area contributed by atoms with Crippen molar-refractivity contribution in [1.82, 2.24) is 9.55 Å². The predicted octanol–water partition coefficient (Wildman–Crippen LogP) is 3.59. The maximum Gasteiger partial charge on any atom is 0.124 e. The molecule has 0 unspecified atom stereocenters. The molecule has 4 heteroatoms. The van der Waals surface area contributed by atoms with Crippen molar-refractivity contribution in [2.45, 2.75) is 38.8 Å². The fourth-order valence-corrected chi connectivity index (χ4v) is 2.43. The molecule has 0 radical (unpaired) electrons. The summed E-state index contributed by atoms with van der Waals surface area (Å²) in [5, 5.41) is 0. The minimum Gasteiger partial charge on any atom is -0.374 e. The highest BCUT2D eigenvalue weighted by atomic mass is 35.5. The number of imidazole rings is 1. The number of nitrogens with zero attached hydrogens (tertiary/aromatic N) is 2. The first-order valence-corrected chi connectivity index (χ1v) is 6.75. The van der Waals surface area contributed by atoms with E-state index in [-0.39, 0.29) is 5.60 Å². The highest BCUT2D eigenvalue weighted by Gasteiger charge is 2.21. The normalized spacial score (nSPS) is 12.2. The number of rotatable bonds is 5. The van der Waals surface area contributed by atoms with Crippen LogP contribution in [0.15, 0.2) is 24.3 Å². The van der Waals surface area contributed by atoms with E-state index in [9.17, 15) is 0 Å². The lowest BCUT2D eigenvalue weighted by Crippen LogP contribution is -2.31. The van der Waals surface area contributed by atoms with Gasteiger partial charge in [0, 0.05) is 6.61 Å². The van der Waals surface area contributed by atoms with Gasteiger partial charge >= 0.3 is 0 Å². The van der Waals surface area contributed by atoms with E-state index >= 15 is 0 Å². The van der Waals surface area contributed by atoms with Gasteiger partial charge < -0.3 is 9.30 Å². The average molecular weight is 267 g/mol. The van der Waals surface area contributed by atoms with Gasteiger partial charge in [0.05, 0.1) is 29.1 Å². The Balaban J connectivity index is 2.42. The number of aromatic nitrogens is 2. The molecule has 0 aliphatic carbocycles. The Hall–Kier alpha value is -1.06. The Labute approximate surface area is 113 Å². The van der Waals surface area contributed by atoms with Crippen molar-refractivity contribution < 1.29 is 4.74 Å². The second-order valence-electron chi connectivity index (χ2n) is 4.93. The summed E-state index contributed by atoms with van der Waals surface area (Å²) >= 11 is 5.99. The largest absolute Gasteiger partial charge is 0.374 e. The third-order valence-corrected chi connectivity index (χ3v) is 3.17. The van der Waals surface area contributed by atoms with Crippen LogP contribution in [0, 0.1) is 0 Å². The van der Waals surface area contributed by atoms with Crippen molar-refractivity contribution in [2.24, 2.45) is 0 Å². The standard InChI is InChI=1S/C14H19ClN2O/c1-4-18-14(2,3)10-17-12-8-6-5-7-11(12)16-13(17)9-15/h5-8H,4,9-10H2,1-3H3. The van der Waals surface area contributed by atoms with E-state index in [2.05, 4.69) is 29.5 Å². The predicted molar refractivity (Wildman–Crippen MR) is 75.0 cm³/mol. The molecule has 0 atom stereocenters. The van der Waals surface area contributed by atoms with E-state index in [1.54, 1.807) is 0 Å². The Morgan fingerprint density at radius 2 is 2.06 bits per heavy atom. The maximum atomic E-state index is 5.99. The summed E-state index contributed by atoms with van der Waals surface area (Å²) < 4.78 is 7.91. The van der Waals surface area contributed by atoms with E-state index in [4.69, 9.17) is 16.3 Å². The summed E-state index contributed by atoms with van der Waals surface area (Å²) in [6.45, 7) is 7.64. The van der Waals surface area contributed by atoms with Crippen LogP contribution in [0.3, 0.4) is 0 Å². The molecule has 2 aromatic rings. The number of fused-ring (bicyclic) bond motifs is 1. The van der Waals surface area contributed by atoms with E-state index < -0.39 is 0 Å². The number of benzene rings is 1. The first-order chi connectivity index (χ1) is 8.57. The van der Waals surface area contributed by atoms with Crippen LogP contribution in [-0.4, -0.2) is 21.8 Å². The van der Waals surface area contributed by atoms with Crippen LogP contribution in [0.1, 0.15) is 26.6 Å². The van der Waals surface area contributed by atoms with Gasteiger partial charge in [-0.1, -0.05) is 12.1 Å². The number of ether oxygens (including phenoxy) is 1. The van der Waals surface area contributed by atoms with E-state index in [1.165, 1.54) is 0 Å². The second kappa shape index (κ2) is 5.29. The van der Waals surface area contributed by atoms with Crippen molar-refractivity contribution >= 4 is 22.6 Å². The van der Waals surface area contributed by atoms with Gasteiger partial charge in [0.15, 0.2) is 0 Å². The van der Waals surface area contributed by atoms with Crippen molar-refractivity contribution in [2.75, 3.05) is 6.61 Å². The second-order valence-corrected chi connectivity index (χ2v) is 5.20. The summed E-state index contributed by atoms with van der Waals surface area (Å²) in [5.41, 5.74) is 1.88. The molecule has 2 rings (SSSR count). The minimum atomic E-state index is -0.223. The Bertz CT molecular complexity index is 534. The third-order valence-electron chi connectivity index (χ3n) is 2.93. The van der Waals surface area contributed by atoms with Crippen molar-refractivity contribution in [3.63, 3.8) is 0 Å². The smallest absolute Gasteiger partial charge is 0.124 e. The van der Waals surface area contributed by atoms with Gasteiger partial charge in [-0.25, -0.2) is 4.98 Å². The third kappa shape index (κ3) is 2.68. The molecule has 0 saturated heterocycles. The van der Waals surface area contributed by atoms with Crippen molar-refractivity contribution in [1.29, 1.82) is 0 Å². The van der Waals surface area contributed by atoms with Crippen LogP contribution in [0.2, 0.25) is 0 Å². The lowest BCUT2D eigenvalue weighted by Gasteiger charge is -2.26. The van der Waals surface area contributed by atoms with E-state index in [0.29, 0.717) is 12.5 Å². The van der Waals surface area contributed by atoms with Gasteiger partial charge in [-0.15, -0.1) is 11.6 Å². The molecular formula is C14H19ClN2O. The Morgan fingerprint density at radius 3 is 2.72 bits per heavy atom. The molecule has 0 spiro atoms. The van der Waals surface area contributed by atoms with E-state index in [0.717, 1.165) is 23.4 Å². The summed E-state index contributed by atoms with van der Waals surface area (Å²) in [5.74, 6) is 1.31. The van der Waals surface area contributed by atoms with Crippen LogP contribution < -0.4 is 0 Å². The summed E-state index contributed by atoms with van der Waals surface area (Å²) in [7, 11) is 0. The number of hydrogen-bond donors (Lipinski definition) is 0. The molecule has 1 heterocycles. The molecule has 0 amide bonds. The van der Waals surface area contributed by atoms with Gasteiger partial charge in [-0.05, 0) is 32.9 Å². The van der Waals surface area contributed by atoms with Gasteiger partial charge in [0.2, 0.25) is 0 Å². The first kappa shape index (κ1) is 13.4. The molecule has 98 valence electrons. The zero-order valence-corrected chi connectivity index (χ0v) is 11.9. The van der Waals surface area contributed by atoms with Gasteiger partial charge in [0.1, 0.15) is 5.82 Å². The number of alkyl halides is 1. The Morgan fingerprint density at radius 1 is 1.33 bits per heavy atom. The molecular weight excluding hydrogens is 248 g/mol. The molecule has 3 nitrogen and oxygen atoms in total. The summed E-state index contributed by atoms with van der Waals surface area (Å²) in [6.07, 6.45) is 0. The highest BCUT2D eigenvalue weighted by molar-refractivity contribution is 6.16. The molecule has 0 fully saturated rings. The number of halogens is 1. The van der Waals surface area contributed by atoms with Crippen LogP contribution in [0.4, 0.5) is 0 Å². The van der Waals surface area contributed by atoms with Crippen LogP contribution in [-0.2, 0) is 17.2 Å². The van der Waals surface area contributed by atoms with Crippen molar-refractivity contribution in [3.05, 3.63) is 30.1 Å². The fourth-order valence-electron chi connectivity index (χ4n) is 2.22. The fraction of sp³-hybridized carbons (Fsp3) is 0.500. The lowest BCUT2D eigenvalue weighted by molar-refractivity contribution is -0.0220. The summed E-state index contributed by atoms with van der Waals surface area (Å²) in [6, 6.07) is 8.09. The number of para-hydroxylation sites is 2. The Kier molecular flexibility index (Phi) is 3.93. The molecule has 0 N–H and O–H groups in total. The molecule has 1 aromatic heterocycles. The van der Waals surface area contributed by atoms with Gasteiger partial charge in [0.25, 0.3) is 0 Å². The highest BCUT2D eigenvalue weighted by Crippen LogP contribution is 2.21. The monoisotopic (exact) mass is 266 g/mol. The first-order valence-electron chi connectivity index (χ1n) is 6.21. The zero-order chi connectivity index (χ0) is 13.2. The minimum absolute atomic E-state index is 0.223. The maximum absolute atomic E-state index is 5.99. The topological polar surface area (TPSA) is 27.1 Å². The molecule has 1 aromatic carbocycles. The van der Waals surface area contributed by atoms with Gasteiger partial charge in [-0.3, -0.25) is 0 Å². The van der Waals surface area contributed by atoms with Gasteiger partial charge in [-0.2, -0.15) is 0 Å². The molecule has 0 bridgehead atoms. The molecule has 0 aliphatic heterocycles. The van der Waals surface area contributed by atoms with E-state index in [1.807, 2.05) is 25.1 Å². The lowest BCUT2D eigenvalue weighted by atomic mass is 10.1. The summed E-state index contributed by atoms with van der Waals surface area (Å²) in [4.78, 5) is 4.55. The molecule has 18 heavy (non-hydrogen) atoms. The molecule has 0 saturated carbocycles. The zero-order valence-electron chi connectivity index (χ0n) is 11.1. The van der Waals surface area contributed by atoms with Crippen molar-refractivity contribution in [3.8, 4) is 0 Å². The quantitative estimate of drug-likeness (QED) is 0.774.